The van der Waals surface area contributed by atoms with E-state index in [9.17, 15) is 14.0 Å². The number of aromatic nitrogens is 10. The zero-order valence-electron chi connectivity index (χ0n) is 45.5. The van der Waals surface area contributed by atoms with Crippen LogP contribution in [0.5, 0.6) is 11.5 Å². The first kappa shape index (κ1) is 56.3. The van der Waals surface area contributed by atoms with Crippen molar-refractivity contribution in [2.24, 2.45) is 0 Å². The molecule has 3 aliphatic rings. The van der Waals surface area contributed by atoms with Gasteiger partial charge >= 0.3 is 19.3 Å². The molecule has 8 aromatic rings. The van der Waals surface area contributed by atoms with E-state index in [2.05, 4.69) is 66.0 Å². The Morgan fingerprint density at radius 2 is 1.20 bits per heavy atom. The molecule has 0 bridgehead atoms. The van der Waals surface area contributed by atoms with Gasteiger partial charge < -0.3 is 37.9 Å². The van der Waals surface area contributed by atoms with Gasteiger partial charge in [-0.25, -0.2) is 38.1 Å². The van der Waals surface area contributed by atoms with E-state index in [0.717, 1.165) is 11.2 Å². The number of aromatic amines is 2. The van der Waals surface area contributed by atoms with Gasteiger partial charge in [0.2, 0.25) is 23.2 Å². The predicted octanol–water partition coefficient (Wildman–Crippen LogP) is 10.5. The van der Waals surface area contributed by atoms with Crippen LogP contribution >= 0.6 is 15.9 Å². The lowest BCUT2D eigenvalue weighted by Crippen LogP contribution is -2.41. The number of nitrogens with one attached hydrogen (secondary N) is 2. The number of H-pyrrole nitrogens is 2. The number of imidazole rings is 2. The molecular weight excluding hydrogens is 1100 g/mol. The normalized spacial score (nSPS) is 14.8. The standard InChI is InChI=1S/C24H22FN7O3.C21H19BrFN5O3.C9H15BN2O2/c1-24(2,3)35-23(33)32(12-16-14-8-10-34-19(14)6-5-17(16)25)22-27-11-15(18-7-9-28-30-18)21-29-20(26-4)13-31(21)22;1-21(2,3)31-20(29)28(10-13-12-7-8-30-16(12)6-5-15(13)23)19-25-9-14(22)18-26-17(24-4)11-27(18)19;1-8(2)9(3,4)14-10(13-8)7-5-6-11-12-7/h5-7,9,11,13H,8,10,12H2,1-3H3,(H,28,30);5-6,9,11H,7-8,10H2,1-3H3;5-6H,1-4H3,(H,11,12). The quantitative estimate of drug-likeness (QED) is 0.107. The van der Waals surface area contributed by atoms with Crippen LogP contribution in [-0.4, -0.2) is 104 Å². The number of amides is 2. The Morgan fingerprint density at radius 1 is 0.725 bits per heavy atom. The molecule has 2 aromatic carbocycles. The minimum Gasteiger partial charge on any atom is -0.493 e. The first-order chi connectivity index (χ1) is 37.8. The summed E-state index contributed by atoms with van der Waals surface area (Å²) in [5.41, 5.74) is 2.82. The number of rotatable bonds is 8. The maximum Gasteiger partial charge on any atom is 0.513 e. The maximum absolute atomic E-state index is 15.0. The van der Waals surface area contributed by atoms with E-state index in [1.54, 1.807) is 72.1 Å². The molecule has 0 unspecified atom stereocenters. The van der Waals surface area contributed by atoms with Gasteiger partial charge in [0.1, 0.15) is 38.8 Å². The number of hydrogen-bond acceptors (Lipinski definition) is 14. The van der Waals surface area contributed by atoms with Gasteiger partial charge in [-0.15, -0.1) is 0 Å². The van der Waals surface area contributed by atoms with E-state index in [0.29, 0.717) is 81.3 Å². The molecule has 0 aliphatic carbocycles. The monoisotopic (exact) mass is 1160 g/mol. The molecule has 0 radical (unpaired) electrons. The van der Waals surface area contributed by atoms with Gasteiger partial charge in [0, 0.05) is 66.1 Å². The number of hydrogen-bond donors (Lipinski definition) is 2. The average Bonchev–Trinajstić information content (AvgIpc) is 4.37. The summed E-state index contributed by atoms with van der Waals surface area (Å²) >= 11 is 3.37. The van der Waals surface area contributed by atoms with Gasteiger partial charge in [-0.3, -0.25) is 19.0 Å². The third-order valence-electron chi connectivity index (χ3n) is 13.1. The van der Waals surface area contributed by atoms with Crippen LogP contribution in [0.1, 0.15) is 91.5 Å². The second-order valence-corrected chi connectivity index (χ2v) is 22.4. The molecule has 9 heterocycles. The van der Waals surface area contributed by atoms with E-state index in [-0.39, 0.29) is 54.9 Å². The van der Waals surface area contributed by atoms with Crippen LogP contribution in [-0.2, 0) is 44.7 Å². The summed E-state index contributed by atoms with van der Waals surface area (Å²) in [4.78, 5) is 53.4. The van der Waals surface area contributed by atoms with E-state index >= 15 is 4.39 Å². The van der Waals surface area contributed by atoms with Crippen molar-refractivity contribution in [3.63, 3.8) is 0 Å². The van der Waals surface area contributed by atoms with Crippen molar-refractivity contribution >= 4 is 75.7 Å². The van der Waals surface area contributed by atoms with Crippen molar-refractivity contribution in [1.29, 1.82) is 0 Å². The minimum absolute atomic E-state index is 0.115. The number of anilines is 2. The minimum atomic E-state index is -0.804. The van der Waals surface area contributed by atoms with E-state index in [4.69, 9.17) is 41.4 Å². The van der Waals surface area contributed by atoms with Crippen LogP contribution in [0.15, 0.2) is 78.1 Å². The van der Waals surface area contributed by atoms with Gasteiger partial charge in [-0.2, -0.15) is 10.2 Å². The molecule has 1 saturated heterocycles. The van der Waals surface area contributed by atoms with Crippen molar-refractivity contribution in [1.82, 2.24) is 49.1 Å². The third kappa shape index (κ3) is 11.8. The summed E-state index contributed by atoms with van der Waals surface area (Å²) in [6.07, 6.45) is 8.92. The summed E-state index contributed by atoms with van der Waals surface area (Å²) in [6, 6.07) is 9.44. The second kappa shape index (κ2) is 22.0. The molecule has 6 aromatic heterocycles. The zero-order chi connectivity index (χ0) is 57.5. The smallest absolute Gasteiger partial charge is 0.493 e. The molecule has 0 spiro atoms. The number of benzene rings is 2. The zero-order valence-corrected chi connectivity index (χ0v) is 47.1. The van der Waals surface area contributed by atoms with Crippen molar-refractivity contribution in [2.45, 2.75) is 118 Å². The predicted molar refractivity (Wildman–Crippen MR) is 294 cm³/mol. The van der Waals surface area contributed by atoms with Gasteiger partial charge in [-0.05, 0) is 122 Å². The lowest BCUT2D eigenvalue weighted by Gasteiger charge is -2.32. The first-order valence-electron chi connectivity index (χ1n) is 25.2. The SMILES string of the molecule is CC1(C)OB(c2ccn[nH]2)OC1(C)C.[C-]#[N+]c1cn2c(N(Cc3c(F)ccc4c3CCO4)C(=O)OC(C)(C)C)ncc(-c3ccn[nH]3)c2n1.[C-]#[N+]c1cn2c(N(Cc3c(F)ccc4c3CCO4)C(=O)OC(C)(C)C)ncc(Br)c2n1. The molecule has 1 fully saturated rings. The molecule has 80 heavy (non-hydrogen) atoms. The molecule has 3 aliphatic heterocycles. The Hall–Kier alpha value is -8.46. The first-order valence-corrected chi connectivity index (χ1v) is 26.0. The highest BCUT2D eigenvalue weighted by Gasteiger charge is 2.52. The molecule has 0 atom stereocenters. The Morgan fingerprint density at radius 3 is 1.66 bits per heavy atom. The number of fused-ring (bicyclic) bond motifs is 4. The van der Waals surface area contributed by atoms with Crippen molar-refractivity contribution in [3.05, 3.63) is 135 Å². The van der Waals surface area contributed by atoms with Crippen molar-refractivity contribution in [2.75, 3.05) is 23.0 Å². The number of ether oxygens (including phenoxy) is 4. The van der Waals surface area contributed by atoms with Crippen LogP contribution in [0.2, 0.25) is 0 Å². The fraction of sp³-hybridized carbons (Fsp3) is 0.370. The lowest BCUT2D eigenvalue weighted by molar-refractivity contribution is 0.00578. The molecule has 26 heteroatoms. The van der Waals surface area contributed by atoms with Gasteiger partial charge in [0.15, 0.2) is 0 Å². The topological polar surface area (TPSA) is 222 Å². The van der Waals surface area contributed by atoms with Crippen LogP contribution in [0, 0.1) is 24.8 Å². The molecule has 2 N–H and O–H groups in total. The van der Waals surface area contributed by atoms with Gasteiger partial charge in [-0.1, -0.05) is 23.1 Å². The van der Waals surface area contributed by atoms with Crippen molar-refractivity contribution < 1.29 is 46.6 Å². The number of nitrogens with zero attached hydrogens (tertiary/aromatic N) is 12. The highest BCUT2D eigenvalue weighted by molar-refractivity contribution is 9.10. The second-order valence-electron chi connectivity index (χ2n) is 21.6. The Bertz CT molecular complexity index is 3700. The molecule has 414 valence electrons. The van der Waals surface area contributed by atoms with Gasteiger partial charge in [0.25, 0.3) is 11.6 Å². The average molecular weight is 1160 g/mol. The molecule has 11 rings (SSSR count). The van der Waals surface area contributed by atoms with Crippen molar-refractivity contribution in [3.8, 4) is 22.8 Å². The Balaban J connectivity index is 0.000000157. The van der Waals surface area contributed by atoms with E-state index < -0.39 is 35.0 Å². The lowest BCUT2D eigenvalue weighted by atomic mass is 9.85. The maximum atomic E-state index is 15.0. The largest absolute Gasteiger partial charge is 0.513 e. The summed E-state index contributed by atoms with van der Waals surface area (Å²) in [5.74, 6) is 0.841. The highest BCUT2D eigenvalue weighted by atomic mass is 79.9. The number of carbonyl (C=O) groups excluding carboxylic acids is 2. The summed E-state index contributed by atoms with van der Waals surface area (Å²) in [6.45, 7) is 33.9. The summed E-state index contributed by atoms with van der Waals surface area (Å²) in [7, 11) is -0.331. The molecule has 2 amide bonds. The summed E-state index contributed by atoms with van der Waals surface area (Å²) in [5, 5.41) is 13.6. The van der Waals surface area contributed by atoms with Gasteiger partial charge in [0.05, 0.1) is 60.6 Å². The fourth-order valence-corrected chi connectivity index (χ4v) is 9.09. The molecule has 0 saturated carbocycles. The van der Waals surface area contributed by atoms with E-state index in [1.165, 1.54) is 55.5 Å². The van der Waals surface area contributed by atoms with Crippen LogP contribution in [0.25, 0.3) is 32.2 Å². The Labute approximate surface area is 467 Å². The highest BCUT2D eigenvalue weighted by Crippen LogP contribution is 2.38. The number of carbonyl (C=O) groups is 2. The molecule has 22 nitrogen and oxygen atoms in total. The summed E-state index contributed by atoms with van der Waals surface area (Å²) < 4.78 is 67.5. The molecular formula is C54H56BBrF2N14O8. The Kier molecular flexibility index (Phi) is 15.5. The fourth-order valence-electron chi connectivity index (χ4n) is 8.70. The van der Waals surface area contributed by atoms with Crippen LogP contribution < -0.4 is 24.9 Å². The van der Waals surface area contributed by atoms with E-state index in [1.807, 2.05) is 33.8 Å². The third-order valence-corrected chi connectivity index (χ3v) is 13.7. The van der Waals surface area contributed by atoms with Crippen LogP contribution in [0.4, 0.5) is 41.9 Å². The van der Waals surface area contributed by atoms with Crippen LogP contribution in [0.3, 0.4) is 0 Å². The number of halogens is 3.